The highest BCUT2D eigenvalue weighted by atomic mass is 32.1. The maximum absolute atomic E-state index is 12.8. The third-order valence-corrected chi connectivity index (χ3v) is 6.94. The Morgan fingerprint density at radius 3 is 3.03 bits per heavy atom. The number of amides is 1. The first kappa shape index (κ1) is 21.4. The number of piperidine rings is 1. The fourth-order valence-corrected chi connectivity index (χ4v) is 5.21. The van der Waals surface area contributed by atoms with Gasteiger partial charge in [-0.3, -0.25) is 9.59 Å². The Bertz CT molecular complexity index is 1330. The van der Waals surface area contributed by atoms with E-state index in [1.807, 2.05) is 0 Å². The predicted molar refractivity (Wildman–Crippen MR) is 129 cm³/mol. The van der Waals surface area contributed by atoms with Gasteiger partial charge in [-0.05, 0) is 55.7 Å². The Balaban J connectivity index is 1.19. The summed E-state index contributed by atoms with van der Waals surface area (Å²) in [5.74, 6) is 0.499. The van der Waals surface area contributed by atoms with Crippen molar-refractivity contribution in [3.8, 4) is 11.5 Å². The van der Waals surface area contributed by atoms with Crippen molar-refractivity contribution in [3.05, 3.63) is 64.6 Å². The van der Waals surface area contributed by atoms with Crippen LogP contribution in [-0.4, -0.2) is 40.3 Å². The van der Waals surface area contributed by atoms with Gasteiger partial charge in [0.25, 0.3) is 5.56 Å². The first-order valence-electron chi connectivity index (χ1n) is 11.1. The van der Waals surface area contributed by atoms with E-state index in [-0.39, 0.29) is 17.4 Å². The third-order valence-electron chi connectivity index (χ3n) is 5.86. The third kappa shape index (κ3) is 4.68. The molecule has 1 amide bonds. The monoisotopic (exact) mass is 463 g/mol. The molecular formula is C24H25N5O3S. The lowest BCUT2D eigenvalue weighted by molar-refractivity contribution is -0.125. The molecule has 0 radical (unpaired) electrons. The van der Waals surface area contributed by atoms with E-state index in [4.69, 9.17) is 9.40 Å². The molecule has 1 saturated heterocycles. The molecule has 0 aliphatic carbocycles. The number of aryl methyl sites for hydroxylation is 1. The van der Waals surface area contributed by atoms with Gasteiger partial charge >= 0.3 is 0 Å². The lowest BCUT2D eigenvalue weighted by Crippen LogP contribution is -2.44. The molecule has 0 saturated carbocycles. The van der Waals surface area contributed by atoms with Crippen molar-refractivity contribution >= 4 is 32.6 Å². The molecule has 8 nitrogen and oxygen atoms in total. The van der Waals surface area contributed by atoms with Crippen LogP contribution >= 0.6 is 11.3 Å². The molecular weight excluding hydrogens is 438 g/mol. The molecule has 5 rings (SSSR count). The Morgan fingerprint density at radius 2 is 2.18 bits per heavy atom. The Labute approximate surface area is 194 Å². The number of fused-ring (bicyclic) bond motifs is 1. The molecule has 170 valence electrons. The molecule has 1 N–H and O–H groups in total. The van der Waals surface area contributed by atoms with Gasteiger partial charge in [-0.15, -0.1) is 0 Å². The van der Waals surface area contributed by atoms with Gasteiger partial charge in [-0.1, -0.05) is 17.4 Å². The van der Waals surface area contributed by atoms with Gasteiger partial charge in [0.05, 0.1) is 28.9 Å². The number of aromatic nitrogens is 3. The second kappa shape index (κ2) is 9.19. The van der Waals surface area contributed by atoms with Crippen LogP contribution in [0.4, 0.5) is 5.13 Å². The van der Waals surface area contributed by atoms with Gasteiger partial charge in [0.15, 0.2) is 10.9 Å². The van der Waals surface area contributed by atoms with Gasteiger partial charge < -0.3 is 14.6 Å². The molecule has 0 spiro atoms. The molecule has 4 heterocycles. The van der Waals surface area contributed by atoms with E-state index in [9.17, 15) is 9.59 Å². The van der Waals surface area contributed by atoms with Crippen LogP contribution in [0, 0.1) is 12.8 Å². The first-order chi connectivity index (χ1) is 16.1. The van der Waals surface area contributed by atoms with Crippen molar-refractivity contribution in [2.45, 2.75) is 26.3 Å². The highest BCUT2D eigenvalue weighted by Gasteiger charge is 2.27. The molecule has 9 heteroatoms. The van der Waals surface area contributed by atoms with Crippen LogP contribution in [0.15, 0.2) is 57.9 Å². The highest BCUT2D eigenvalue weighted by molar-refractivity contribution is 7.22. The topological polar surface area (TPSA) is 93.3 Å². The summed E-state index contributed by atoms with van der Waals surface area (Å²) in [7, 11) is 0. The second-order valence-electron chi connectivity index (χ2n) is 8.30. The molecule has 3 aromatic heterocycles. The summed E-state index contributed by atoms with van der Waals surface area (Å²) >= 11 is 1.68. The summed E-state index contributed by atoms with van der Waals surface area (Å²) in [4.78, 5) is 32.0. The van der Waals surface area contributed by atoms with E-state index in [0.29, 0.717) is 31.1 Å². The number of rotatable bonds is 6. The van der Waals surface area contributed by atoms with Crippen molar-refractivity contribution in [3.63, 3.8) is 0 Å². The van der Waals surface area contributed by atoms with Crippen LogP contribution in [0.5, 0.6) is 0 Å². The number of benzene rings is 1. The predicted octanol–water partition coefficient (Wildman–Crippen LogP) is 3.45. The minimum Gasteiger partial charge on any atom is -0.463 e. The van der Waals surface area contributed by atoms with E-state index >= 15 is 0 Å². The van der Waals surface area contributed by atoms with Crippen LogP contribution in [0.25, 0.3) is 21.7 Å². The fourth-order valence-electron chi connectivity index (χ4n) is 4.11. The minimum absolute atomic E-state index is 0.00638. The molecule has 33 heavy (non-hydrogen) atoms. The lowest BCUT2D eigenvalue weighted by Gasteiger charge is -2.31. The van der Waals surface area contributed by atoms with Crippen molar-refractivity contribution in [1.29, 1.82) is 0 Å². The van der Waals surface area contributed by atoms with Gasteiger partial charge in [-0.2, -0.15) is 5.10 Å². The number of nitrogens with one attached hydrogen (secondary N) is 1. The maximum Gasteiger partial charge on any atom is 0.266 e. The summed E-state index contributed by atoms with van der Waals surface area (Å²) in [5, 5.41) is 8.30. The summed E-state index contributed by atoms with van der Waals surface area (Å²) < 4.78 is 7.88. The number of furan rings is 1. The molecule has 1 fully saturated rings. The normalized spacial score (nSPS) is 16.3. The van der Waals surface area contributed by atoms with Crippen LogP contribution in [0.1, 0.15) is 18.4 Å². The molecule has 1 aliphatic rings. The maximum atomic E-state index is 12.8. The number of thiazole rings is 1. The van der Waals surface area contributed by atoms with Crippen LogP contribution < -0.4 is 15.8 Å². The Hall–Kier alpha value is -3.46. The molecule has 4 aromatic rings. The molecule has 1 atom stereocenters. The largest absolute Gasteiger partial charge is 0.463 e. The zero-order valence-corrected chi connectivity index (χ0v) is 19.2. The Kier molecular flexibility index (Phi) is 5.95. The smallest absolute Gasteiger partial charge is 0.266 e. The zero-order chi connectivity index (χ0) is 22.8. The zero-order valence-electron chi connectivity index (χ0n) is 18.4. The van der Waals surface area contributed by atoms with Crippen LogP contribution in [0.2, 0.25) is 0 Å². The van der Waals surface area contributed by atoms with E-state index in [2.05, 4.69) is 40.4 Å². The van der Waals surface area contributed by atoms with E-state index in [0.717, 1.165) is 30.0 Å². The number of hydrogen-bond donors (Lipinski definition) is 1. The minimum atomic E-state index is -0.213. The molecule has 1 aliphatic heterocycles. The summed E-state index contributed by atoms with van der Waals surface area (Å²) in [6, 6.07) is 12.9. The van der Waals surface area contributed by atoms with Crippen LogP contribution in [-0.2, 0) is 11.3 Å². The molecule has 1 aromatic carbocycles. The number of carbonyl (C=O) groups is 1. The quantitative estimate of drug-likeness (QED) is 0.471. The average Bonchev–Trinajstić information content (AvgIpc) is 3.50. The van der Waals surface area contributed by atoms with Crippen molar-refractivity contribution in [1.82, 2.24) is 20.1 Å². The van der Waals surface area contributed by atoms with Gasteiger partial charge in [0.2, 0.25) is 5.91 Å². The van der Waals surface area contributed by atoms with Crippen molar-refractivity contribution in [2.75, 3.05) is 24.5 Å². The summed E-state index contributed by atoms with van der Waals surface area (Å²) in [5.41, 5.74) is 2.59. The van der Waals surface area contributed by atoms with Crippen molar-refractivity contribution < 1.29 is 9.21 Å². The van der Waals surface area contributed by atoms with Gasteiger partial charge in [0.1, 0.15) is 5.69 Å². The van der Waals surface area contributed by atoms with E-state index in [1.54, 1.807) is 35.8 Å². The summed E-state index contributed by atoms with van der Waals surface area (Å²) in [6.45, 7) is 4.27. The van der Waals surface area contributed by atoms with Gasteiger partial charge in [-0.25, -0.2) is 9.67 Å². The van der Waals surface area contributed by atoms with Gasteiger partial charge in [0, 0.05) is 25.7 Å². The second-order valence-corrected chi connectivity index (χ2v) is 9.31. The van der Waals surface area contributed by atoms with Crippen molar-refractivity contribution in [2.24, 2.45) is 5.92 Å². The van der Waals surface area contributed by atoms with Crippen LogP contribution in [0.3, 0.4) is 0 Å². The SMILES string of the molecule is Cc1ccc2nc(N3CCCC(C(=O)NCCn4nc(-c5ccco5)ccc4=O)C3)sc2c1. The molecule has 1 unspecified atom stereocenters. The molecule has 0 bridgehead atoms. The number of hydrogen-bond acceptors (Lipinski definition) is 7. The Morgan fingerprint density at radius 1 is 1.27 bits per heavy atom. The summed E-state index contributed by atoms with van der Waals surface area (Å²) in [6.07, 6.45) is 3.35. The average molecular weight is 464 g/mol. The fraction of sp³-hybridized carbons (Fsp3) is 0.333. The van der Waals surface area contributed by atoms with E-state index < -0.39 is 0 Å². The first-order valence-corrected chi connectivity index (χ1v) is 11.9. The number of nitrogens with zero attached hydrogens (tertiary/aromatic N) is 4. The number of carbonyl (C=O) groups excluding carboxylic acids is 1. The van der Waals surface area contributed by atoms with E-state index in [1.165, 1.54) is 21.0 Å². The highest BCUT2D eigenvalue weighted by Crippen LogP contribution is 2.32. The standard InChI is InChI=1S/C24H25N5O3S/c1-16-6-7-19-21(14-16)33-24(26-19)28-11-2-4-17(15-28)23(31)25-10-12-29-22(30)9-8-18(27-29)20-5-3-13-32-20/h3,5-9,13-14,17H,2,4,10-12,15H2,1H3,(H,25,31). The number of anilines is 1. The lowest BCUT2D eigenvalue weighted by atomic mass is 9.97.